The first-order valence-corrected chi connectivity index (χ1v) is 9.36. The smallest absolute Gasteiger partial charge is 0.325 e. The van der Waals surface area contributed by atoms with Gasteiger partial charge in [-0.3, -0.25) is 14.5 Å². The Morgan fingerprint density at radius 3 is 2.83 bits per heavy atom. The Kier molecular flexibility index (Phi) is 5.07. The Balaban J connectivity index is 1.32. The summed E-state index contributed by atoms with van der Waals surface area (Å²) >= 11 is 0. The van der Waals surface area contributed by atoms with Crippen LogP contribution in [0.5, 0.6) is 11.5 Å². The Labute approximate surface area is 167 Å². The van der Waals surface area contributed by atoms with Crippen LogP contribution in [0.3, 0.4) is 0 Å². The summed E-state index contributed by atoms with van der Waals surface area (Å²) in [6.07, 6.45) is 0.363. The number of hydrogen-bond donors (Lipinski definition) is 2. The Morgan fingerprint density at radius 2 is 2.00 bits per heavy atom. The molecular formula is C21H21N3O5. The number of urea groups is 1. The molecule has 0 unspecified atom stereocenters. The summed E-state index contributed by atoms with van der Waals surface area (Å²) in [5.74, 6) is 0.699. The number of hydrogen-bond acceptors (Lipinski definition) is 5. The number of aryl methyl sites for hydroxylation is 1. The van der Waals surface area contributed by atoms with Crippen LogP contribution in [0.25, 0.3) is 0 Å². The van der Waals surface area contributed by atoms with Crippen molar-refractivity contribution in [1.82, 2.24) is 10.2 Å². The zero-order chi connectivity index (χ0) is 20.4. The van der Waals surface area contributed by atoms with E-state index in [2.05, 4.69) is 10.6 Å². The van der Waals surface area contributed by atoms with Gasteiger partial charge in [-0.25, -0.2) is 4.79 Å². The fourth-order valence-electron chi connectivity index (χ4n) is 3.37. The van der Waals surface area contributed by atoms with E-state index < -0.39 is 12.1 Å². The van der Waals surface area contributed by atoms with E-state index in [0.29, 0.717) is 17.2 Å². The number of anilines is 1. The fraction of sp³-hybridized carbons (Fsp3) is 0.286. The maximum atomic E-state index is 12.6. The lowest BCUT2D eigenvalue weighted by Gasteiger charge is -2.13. The third-order valence-electron chi connectivity index (χ3n) is 4.85. The van der Waals surface area contributed by atoms with Crippen molar-refractivity contribution in [2.75, 3.05) is 12.1 Å². The number of rotatable bonds is 6. The summed E-state index contributed by atoms with van der Waals surface area (Å²) in [4.78, 5) is 38.2. The summed E-state index contributed by atoms with van der Waals surface area (Å²) in [7, 11) is 0. The Hall–Kier alpha value is -3.55. The van der Waals surface area contributed by atoms with E-state index in [1.807, 2.05) is 25.1 Å². The van der Waals surface area contributed by atoms with Crippen LogP contribution in [-0.2, 0) is 16.1 Å². The van der Waals surface area contributed by atoms with Gasteiger partial charge in [0.25, 0.3) is 5.91 Å². The second kappa shape index (κ2) is 7.83. The maximum Gasteiger partial charge on any atom is 0.325 e. The van der Waals surface area contributed by atoms with E-state index >= 15 is 0 Å². The van der Waals surface area contributed by atoms with Crippen LogP contribution in [0.2, 0.25) is 0 Å². The molecular weight excluding hydrogens is 374 g/mol. The highest BCUT2D eigenvalue weighted by atomic mass is 16.7. The van der Waals surface area contributed by atoms with Gasteiger partial charge in [-0.15, -0.1) is 0 Å². The molecule has 2 aromatic rings. The van der Waals surface area contributed by atoms with Crippen LogP contribution in [-0.4, -0.2) is 35.6 Å². The van der Waals surface area contributed by atoms with Crippen molar-refractivity contribution in [3.05, 3.63) is 53.6 Å². The average Bonchev–Trinajstić information content (AvgIpc) is 3.26. The fourth-order valence-corrected chi connectivity index (χ4v) is 3.37. The number of nitrogens with zero attached hydrogens (tertiary/aromatic N) is 1. The van der Waals surface area contributed by atoms with Crippen LogP contribution in [0.1, 0.15) is 24.0 Å². The number of benzene rings is 2. The minimum absolute atomic E-state index is 0.127. The quantitative estimate of drug-likeness (QED) is 0.733. The zero-order valence-corrected chi connectivity index (χ0v) is 15.9. The van der Waals surface area contributed by atoms with E-state index in [4.69, 9.17) is 9.47 Å². The summed E-state index contributed by atoms with van der Waals surface area (Å²) < 4.78 is 10.6. The number of nitrogens with one attached hydrogen (secondary N) is 2. The van der Waals surface area contributed by atoms with Gasteiger partial charge in [-0.1, -0.05) is 18.2 Å². The van der Waals surface area contributed by atoms with Gasteiger partial charge < -0.3 is 20.1 Å². The van der Waals surface area contributed by atoms with Gasteiger partial charge in [0, 0.05) is 12.1 Å². The molecule has 8 nitrogen and oxygen atoms in total. The van der Waals surface area contributed by atoms with Crippen molar-refractivity contribution in [1.29, 1.82) is 0 Å². The lowest BCUT2D eigenvalue weighted by Crippen LogP contribution is -2.31. The second-order valence-electron chi connectivity index (χ2n) is 7.07. The molecule has 2 aliphatic heterocycles. The van der Waals surface area contributed by atoms with Crippen molar-refractivity contribution in [2.45, 2.75) is 32.4 Å². The molecule has 0 radical (unpaired) electrons. The van der Waals surface area contributed by atoms with Crippen LogP contribution >= 0.6 is 0 Å². The third-order valence-corrected chi connectivity index (χ3v) is 4.85. The van der Waals surface area contributed by atoms with Gasteiger partial charge in [0.15, 0.2) is 11.5 Å². The van der Waals surface area contributed by atoms with Crippen LogP contribution in [0, 0.1) is 6.92 Å². The summed E-state index contributed by atoms with van der Waals surface area (Å²) in [5.41, 5.74) is 2.51. The zero-order valence-electron chi connectivity index (χ0n) is 15.9. The van der Waals surface area contributed by atoms with Crippen molar-refractivity contribution >= 4 is 23.5 Å². The third kappa shape index (κ3) is 4.16. The molecule has 0 aliphatic carbocycles. The standard InChI is InChI=1S/C21H21N3O5/c1-13-3-2-4-15(9-13)22-19(25)8-6-16-20(26)24(21(27)23-16)11-14-5-7-17-18(10-14)29-12-28-17/h2-5,7,9-10,16H,6,8,11-12H2,1H3,(H,22,25)(H,23,27)/t16-/m0/s1. The number of carbonyl (C=O) groups is 3. The van der Waals surface area contributed by atoms with Gasteiger partial charge >= 0.3 is 6.03 Å². The van der Waals surface area contributed by atoms with Gasteiger partial charge in [-0.2, -0.15) is 0 Å². The summed E-state index contributed by atoms with van der Waals surface area (Å²) in [5, 5.41) is 5.46. The molecule has 29 heavy (non-hydrogen) atoms. The van der Waals surface area contributed by atoms with Crippen molar-refractivity contribution < 1.29 is 23.9 Å². The van der Waals surface area contributed by atoms with Gasteiger partial charge in [0.1, 0.15) is 6.04 Å². The molecule has 4 amide bonds. The van der Waals surface area contributed by atoms with E-state index in [9.17, 15) is 14.4 Å². The highest BCUT2D eigenvalue weighted by Gasteiger charge is 2.38. The summed E-state index contributed by atoms with van der Waals surface area (Å²) in [6.45, 7) is 2.24. The highest BCUT2D eigenvalue weighted by molar-refractivity contribution is 6.04. The first kappa shape index (κ1) is 18.8. The minimum Gasteiger partial charge on any atom is -0.454 e. The molecule has 0 spiro atoms. The molecule has 0 saturated carbocycles. The molecule has 1 saturated heterocycles. The molecule has 150 valence electrons. The molecule has 1 atom stereocenters. The van der Waals surface area contributed by atoms with Crippen LogP contribution in [0.4, 0.5) is 10.5 Å². The highest BCUT2D eigenvalue weighted by Crippen LogP contribution is 2.33. The van der Waals surface area contributed by atoms with E-state index in [-0.39, 0.29) is 38.0 Å². The Bertz CT molecular complexity index is 975. The van der Waals surface area contributed by atoms with Gasteiger partial charge in [0.2, 0.25) is 12.7 Å². The van der Waals surface area contributed by atoms with E-state index in [1.54, 1.807) is 24.3 Å². The number of carbonyl (C=O) groups excluding carboxylic acids is 3. The predicted octanol–water partition coefficient (Wildman–Crippen LogP) is 2.56. The van der Waals surface area contributed by atoms with Crippen LogP contribution < -0.4 is 20.1 Å². The number of fused-ring (bicyclic) bond motifs is 1. The minimum atomic E-state index is -0.709. The molecule has 2 N–H and O–H groups in total. The molecule has 4 rings (SSSR count). The number of ether oxygens (including phenoxy) is 2. The maximum absolute atomic E-state index is 12.6. The normalized spacial score (nSPS) is 17.4. The first-order valence-electron chi connectivity index (χ1n) is 9.36. The second-order valence-corrected chi connectivity index (χ2v) is 7.07. The lowest BCUT2D eigenvalue weighted by atomic mass is 10.1. The topological polar surface area (TPSA) is 97.0 Å². The average molecular weight is 395 g/mol. The molecule has 2 aliphatic rings. The lowest BCUT2D eigenvalue weighted by molar-refractivity contribution is -0.128. The monoisotopic (exact) mass is 395 g/mol. The molecule has 8 heteroatoms. The first-order chi connectivity index (χ1) is 14.0. The SMILES string of the molecule is Cc1cccc(NC(=O)CC[C@@H]2NC(=O)N(Cc3ccc4c(c3)OCO4)C2=O)c1. The van der Waals surface area contributed by atoms with Crippen molar-refractivity contribution in [3.8, 4) is 11.5 Å². The molecule has 1 fully saturated rings. The van der Waals surface area contributed by atoms with E-state index in [0.717, 1.165) is 16.0 Å². The largest absolute Gasteiger partial charge is 0.454 e. The predicted molar refractivity (Wildman–Crippen MR) is 104 cm³/mol. The molecule has 2 heterocycles. The van der Waals surface area contributed by atoms with Gasteiger partial charge in [-0.05, 0) is 48.7 Å². The summed E-state index contributed by atoms with van der Waals surface area (Å²) in [6, 6.07) is 11.6. The van der Waals surface area contributed by atoms with Crippen molar-refractivity contribution in [2.24, 2.45) is 0 Å². The van der Waals surface area contributed by atoms with E-state index in [1.165, 1.54) is 0 Å². The van der Waals surface area contributed by atoms with Gasteiger partial charge in [0.05, 0.1) is 6.54 Å². The molecule has 2 aromatic carbocycles. The molecule has 0 aromatic heterocycles. The van der Waals surface area contributed by atoms with Crippen molar-refractivity contribution in [3.63, 3.8) is 0 Å². The number of imide groups is 1. The number of amides is 4. The van der Waals surface area contributed by atoms with Crippen LogP contribution in [0.15, 0.2) is 42.5 Å². The Morgan fingerprint density at radius 1 is 1.17 bits per heavy atom. The molecule has 0 bridgehead atoms.